The maximum atomic E-state index is 13.2. The molecule has 3 aromatic rings. The molecule has 0 aliphatic carbocycles. The molecule has 0 saturated heterocycles. The maximum absolute atomic E-state index is 13.2. The van der Waals surface area contributed by atoms with E-state index in [0.717, 1.165) is 16.6 Å². The first-order valence-corrected chi connectivity index (χ1v) is 6.72. The van der Waals surface area contributed by atoms with Crippen LogP contribution in [0.4, 0.5) is 10.1 Å². The Kier molecular flexibility index (Phi) is 3.44. The zero-order chi connectivity index (χ0) is 14.8. The van der Waals surface area contributed by atoms with E-state index < -0.39 is 0 Å². The molecule has 0 aliphatic rings. The molecule has 0 unspecified atom stereocenters. The molecule has 1 N–H and O–H groups in total. The Labute approximate surface area is 122 Å². The monoisotopic (exact) mass is 282 g/mol. The Balaban J connectivity index is 1.83. The van der Waals surface area contributed by atoms with Crippen molar-refractivity contribution >= 4 is 22.5 Å². The number of rotatable bonds is 3. The summed E-state index contributed by atoms with van der Waals surface area (Å²) in [5.41, 5.74) is 2.44. The number of nitrogens with one attached hydrogen (secondary N) is 1. The number of halogens is 1. The number of likely N-dealkylation sites (N-methyl/N-ethyl adjacent to an activating group) is 1. The fraction of sp³-hybridized carbons (Fsp3) is 0.118. The number of aromatic nitrogens is 1. The van der Waals surface area contributed by atoms with E-state index in [9.17, 15) is 9.18 Å². The summed E-state index contributed by atoms with van der Waals surface area (Å²) in [6, 6.07) is 14.0. The van der Waals surface area contributed by atoms with Gasteiger partial charge >= 0.3 is 0 Å². The number of aromatic amines is 1. The van der Waals surface area contributed by atoms with E-state index in [1.165, 1.54) is 12.1 Å². The normalized spacial score (nSPS) is 10.8. The molecule has 4 heteroatoms. The van der Waals surface area contributed by atoms with Gasteiger partial charge in [0, 0.05) is 29.8 Å². The third-order valence-corrected chi connectivity index (χ3v) is 3.59. The molecule has 3 rings (SSSR count). The number of carbonyl (C=O) groups is 1. The molecule has 0 aliphatic heterocycles. The third kappa shape index (κ3) is 2.65. The quantitative estimate of drug-likeness (QED) is 0.784. The molecule has 1 amide bonds. The summed E-state index contributed by atoms with van der Waals surface area (Å²) < 4.78 is 13.2. The molecule has 2 aromatic carbocycles. The summed E-state index contributed by atoms with van der Waals surface area (Å²) in [6.45, 7) is 0. The minimum absolute atomic E-state index is 0.00794. The van der Waals surface area contributed by atoms with Crippen molar-refractivity contribution in [3.63, 3.8) is 0 Å². The predicted octanol–water partition coefficient (Wildman–Crippen LogP) is 3.51. The van der Waals surface area contributed by atoms with Crippen LogP contribution in [0, 0.1) is 5.82 Å². The van der Waals surface area contributed by atoms with Crippen LogP contribution in [0.3, 0.4) is 0 Å². The van der Waals surface area contributed by atoms with Gasteiger partial charge in [-0.25, -0.2) is 4.39 Å². The molecule has 0 radical (unpaired) electrons. The Morgan fingerprint density at radius 1 is 1.19 bits per heavy atom. The lowest BCUT2D eigenvalue weighted by atomic mass is 10.1. The minimum Gasteiger partial charge on any atom is -0.361 e. The number of anilines is 1. The molecule has 0 saturated carbocycles. The van der Waals surface area contributed by atoms with E-state index in [2.05, 4.69) is 4.98 Å². The Morgan fingerprint density at radius 3 is 2.71 bits per heavy atom. The maximum Gasteiger partial charge on any atom is 0.231 e. The van der Waals surface area contributed by atoms with Crippen LogP contribution in [-0.4, -0.2) is 17.9 Å². The van der Waals surface area contributed by atoms with Crippen LogP contribution in [0.25, 0.3) is 10.9 Å². The molecule has 1 heterocycles. The lowest BCUT2D eigenvalue weighted by Crippen LogP contribution is -2.27. The smallest absolute Gasteiger partial charge is 0.231 e. The number of hydrogen-bond donors (Lipinski definition) is 1. The van der Waals surface area contributed by atoms with Crippen LogP contribution >= 0.6 is 0 Å². The molecule has 1 aromatic heterocycles. The van der Waals surface area contributed by atoms with Gasteiger partial charge in [-0.15, -0.1) is 0 Å². The molecular weight excluding hydrogens is 267 g/mol. The van der Waals surface area contributed by atoms with Gasteiger partial charge in [-0.2, -0.15) is 0 Å². The topological polar surface area (TPSA) is 36.1 Å². The lowest BCUT2D eigenvalue weighted by molar-refractivity contribution is -0.117. The van der Waals surface area contributed by atoms with Gasteiger partial charge in [-0.1, -0.05) is 18.2 Å². The summed E-state index contributed by atoms with van der Waals surface area (Å²) in [7, 11) is 1.76. The fourth-order valence-electron chi connectivity index (χ4n) is 2.38. The summed E-state index contributed by atoms with van der Waals surface area (Å²) in [6.07, 6.45) is 2.04. The van der Waals surface area contributed by atoms with Gasteiger partial charge in [0.15, 0.2) is 0 Å². The Bertz CT molecular complexity index is 780. The van der Waals surface area contributed by atoms with Crippen LogP contribution in [0.15, 0.2) is 54.7 Å². The van der Waals surface area contributed by atoms with Gasteiger partial charge in [0.25, 0.3) is 0 Å². The van der Waals surface area contributed by atoms with Crippen molar-refractivity contribution in [3.8, 4) is 0 Å². The first-order valence-electron chi connectivity index (χ1n) is 6.72. The van der Waals surface area contributed by atoms with Gasteiger partial charge < -0.3 is 9.88 Å². The highest BCUT2D eigenvalue weighted by Crippen LogP contribution is 2.21. The molecule has 21 heavy (non-hydrogen) atoms. The van der Waals surface area contributed by atoms with Gasteiger partial charge in [0.2, 0.25) is 5.91 Å². The molecule has 3 nitrogen and oxygen atoms in total. The highest BCUT2D eigenvalue weighted by molar-refractivity contribution is 5.97. The Morgan fingerprint density at radius 2 is 1.95 bits per heavy atom. The van der Waals surface area contributed by atoms with Crippen LogP contribution in [0.1, 0.15) is 5.56 Å². The number of nitrogens with zero attached hydrogens (tertiary/aromatic N) is 1. The van der Waals surface area contributed by atoms with E-state index in [4.69, 9.17) is 0 Å². The second-order valence-corrected chi connectivity index (χ2v) is 4.97. The van der Waals surface area contributed by atoms with E-state index in [1.54, 1.807) is 24.2 Å². The van der Waals surface area contributed by atoms with Gasteiger partial charge in [0.1, 0.15) is 5.82 Å². The van der Waals surface area contributed by atoms with Crippen molar-refractivity contribution in [2.24, 2.45) is 0 Å². The van der Waals surface area contributed by atoms with Crippen molar-refractivity contribution in [1.82, 2.24) is 4.98 Å². The first kappa shape index (κ1) is 13.4. The zero-order valence-electron chi connectivity index (χ0n) is 11.6. The second-order valence-electron chi connectivity index (χ2n) is 4.97. The number of H-pyrrole nitrogens is 1. The predicted molar refractivity (Wildman–Crippen MR) is 81.8 cm³/mol. The fourth-order valence-corrected chi connectivity index (χ4v) is 2.38. The molecule has 0 bridgehead atoms. The van der Waals surface area contributed by atoms with Crippen molar-refractivity contribution in [1.29, 1.82) is 0 Å². The summed E-state index contributed by atoms with van der Waals surface area (Å²) >= 11 is 0. The van der Waals surface area contributed by atoms with E-state index in [1.807, 2.05) is 30.3 Å². The third-order valence-electron chi connectivity index (χ3n) is 3.59. The number of hydrogen-bond acceptors (Lipinski definition) is 1. The van der Waals surface area contributed by atoms with Crippen molar-refractivity contribution < 1.29 is 9.18 Å². The summed E-state index contributed by atoms with van der Waals surface area (Å²) in [4.78, 5) is 17.0. The van der Waals surface area contributed by atoms with Crippen molar-refractivity contribution in [2.45, 2.75) is 6.42 Å². The highest BCUT2D eigenvalue weighted by Gasteiger charge is 2.14. The first-order chi connectivity index (χ1) is 10.1. The molecule has 0 spiro atoms. The number of carbonyl (C=O) groups excluding carboxylic acids is 1. The number of fused-ring (bicyclic) bond motifs is 1. The number of benzene rings is 2. The lowest BCUT2D eigenvalue weighted by Gasteiger charge is -2.17. The SMILES string of the molecule is CN(C(=O)Cc1c[nH]c2cc(F)ccc12)c1ccccc1. The average molecular weight is 282 g/mol. The van der Waals surface area contributed by atoms with Gasteiger partial charge in [-0.3, -0.25) is 4.79 Å². The average Bonchev–Trinajstić information content (AvgIpc) is 2.89. The van der Waals surface area contributed by atoms with Gasteiger partial charge in [0.05, 0.1) is 6.42 Å². The Hall–Kier alpha value is -2.62. The largest absolute Gasteiger partial charge is 0.361 e. The molecular formula is C17H15FN2O. The van der Waals surface area contributed by atoms with Crippen LogP contribution in [-0.2, 0) is 11.2 Å². The van der Waals surface area contributed by atoms with E-state index >= 15 is 0 Å². The summed E-state index contributed by atoms with van der Waals surface area (Å²) in [5, 5.41) is 0.881. The molecule has 106 valence electrons. The van der Waals surface area contributed by atoms with Crippen LogP contribution in [0.5, 0.6) is 0 Å². The second kappa shape index (κ2) is 5.40. The van der Waals surface area contributed by atoms with Crippen LogP contribution < -0.4 is 4.90 Å². The molecule has 0 atom stereocenters. The number of para-hydroxylation sites is 1. The van der Waals surface area contributed by atoms with E-state index in [-0.39, 0.29) is 18.1 Å². The highest BCUT2D eigenvalue weighted by atomic mass is 19.1. The number of amides is 1. The van der Waals surface area contributed by atoms with Crippen molar-refractivity contribution in [2.75, 3.05) is 11.9 Å². The summed E-state index contributed by atoms with van der Waals surface area (Å²) in [5.74, 6) is -0.296. The zero-order valence-corrected chi connectivity index (χ0v) is 11.6. The van der Waals surface area contributed by atoms with Crippen LogP contribution in [0.2, 0.25) is 0 Å². The molecule has 0 fully saturated rings. The standard InChI is InChI=1S/C17H15FN2O/c1-20(14-5-3-2-4-6-14)17(21)9-12-11-19-16-10-13(18)7-8-15(12)16/h2-8,10-11,19H,9H2,1H3. The van der Waals surface area contributed by atoms with Crippen molar-refractivity contribution in [3.05, 3.63) is 66.1 Å². The van der Waals surface area contributed by atoms with E-state index in [0.29, 0.717) is 5.52 Å². The minimum atomic E-state index is -0.288. The van der Waals surface area contributed by atoms with Gasteiger partial charge in [-0.05, 0) is 35.9 Å².